The van der Waals surface area contributed by atoms with Gasteiger partial charge < -0.3 is 11.1 Å². The van der Waals surface area contributed by atoms with Gasteiger partial charge in [0.2, 0.25) is 5.91 Å². The number of anilines is 2. The molecule has 0 saturated heterocycles. The summed E-state index contributed by atoms with van der Waals surface area (Å²) in [6, 6.07) is 21.9. The Balaban J connectivity index is 1.20. The number of benzene rings is 3. The second-order valence-electron chi connectivity index (χ2n) is 6.98. The molecule has 0 bridgehead atoms. The Hall–Kier alpha value is -2.59. The Morgan fingerprint density at radius 2 is 1.56 bits per heavy atom. The molecular weight excluding hydrogens is 477 g/mol. The molecular formula is C23H18N4OS4. The number of hydrogen-bond acceptors (Lipinski definition) is 8. The van der Waals surface area contributed by atoms with Gasteiger partial charge in [-0.3, -0.25) is 4.79 Å². The van der Waals surface area contributed by atoms with Crippen molar-refractivity contribution in [3.05, 3.63) is 72.3 Å². The average Bonchev–Trinajstić information content (AvgIpc) is 3.39. The van der Waals surface area contributed by atoms with E-state index < -0.39 is 0 Å². The second kappa shape index (κ2) is 9.50. The van der Waals surface area contributed by atoms with Gasteiger partial charge in [0, 0.05) is 17.1 Å². The van der Waals surface area contributed by atoms with E-state index >= 15 is 0 Å². The molecule has 0 aliphatic carbocycles. The first-order valence-electron chi connectivity index (χ1n) is 9.78. The Labute approximate surface area is 201 Å². The molecule has 0 aliphatic rings. The molecule has 0 aliphatic heterocycles. The number of nitrogen functional groups attached to an aromatic ring is 1. The molecule has 0 atom stereocenters. The highest BCUT2D eigenvalue weighted by Crippen LogP contribution is 2.33. The predicted molar refractivity (Wildman–Crippen MR) is 139 cm³/mol. The van der Waals surface area contributed by atoms with Gasteiger partial charge in [-0.15, -0.1) is 22.7 Å². The minimum atomic E-state index is -0.0590. The molecule has 0 spiro atoms. The fraction of sp³-hybridized carbons (Fsp3) is 0.0870. The summed E-state index contributed by atoms with van der Waals surface area (Å²) >= 11 is 6.36. The lowest BCUT2D eigenvalue weighted by atomic mass is 10.2. The van der Waals surface area contributed by atoms with E-state index in [4.69, 9.17) is 10.7 Å². The molecule has 5 aromatic rings. The van der Waals surface area contributed by atoms with Crippen LogP contribution in [0.25, 0.3) is 20.4 Å². The van der Waals surface area contributed by atoms with E-state index in [0.29, 0.717) is 5.75 Å². The summed E-state index contributed by atoms with van der Waals surface area (Å²) in [6.45, 7) is 0. The van der Waals surface area contributed by atoms with Crippen molar-refractivity contribution in [1.82, 2.24) is 9.97 Å². The van der Waals surface area contributed by atoms with Crippen LogP contribution in [0.1, 0.15) is 5.56 Å². The Bertz CT molecular complexity index is 1400. The van der Waals surface area contributed by atoms with Crippen LogP contribution in [0.5, 0.6) is 0 Å². The van der Waals surface area contributed by atoms with Crippen LogP contribution in [-0.2, 0) is 10.5 Å². The summed E-state index contributed by atoms with van der Waals surface area (Å²) in [5.41, 5.74) is 10.5. The predicted octanol–water partition coefficient (Wildman–Crippen LogP) is 6.51. The average molecular weight is 495 g/mol. The largest absolute Gasteiger partial charge is 0.399 e. The van der Waals surface area contributed by atoms with Gasteiger partial charge in [0.05, 0.1) is 26.2 Å². The summed E-state index contributed by atoms with van der Waals surface area (Å²) in [6.07, 6.45) is 0. The van der Waals surface area contributed by atoms with Crippen LogP contribution in [0.3, 0.4) is 0 Å². The third-order valence-corrected chi connectivity index (χ3v) is 8.97. The lowest BCUT2D eigenvalue weighted by Crippen LogP contribution is -2.13. The smallest absolute Gasteiger partial charge is 0.234 e. The number of nitrogens with one attached hydrogen (secondary N) is 1. The molecule has 0 unspecified atom stereocenters. The summed E-state index contributed by atoms with van der Waals surface area (Å²) < 4.78 is 3.98. The van der Waals surface area contributed by atoms with E-state index in [9.17, 15) is 4.79 Å². The zero-order valence-corrected chi connectivity index (χ0v) is 20.0. The van der Waals surface area contributed by atoms with E-state index in [1.165, 1.54) is 17.3 Å². The van der Waals surface area contributed by atoms with Crippen LogP contribution >= 0.6 is 46.2 Å². The van der Waals surface area contributed by atoms with E-state index in [-0.39, 0.29) is 5.91 Å². The van der Waals surface area contributed by atoms with Crippen molar-refractivity contribution in [2.24, 2.45) is 0 Å². The van der Waals surface area contributed by atoms with Gasteiger partial charge in [-0.2, -0.15) is 0 Å². The molecule has 3 aromatic carbocycles. The number of carbonyl (C=O) groups excluding carboxylic acids is 1. The molecule has 3 N–H and O–H groups in total. The molecule has 0 fully saturated rings. The van der Waals surface area contributed by atoms with Crippen LogP contribution in [0.2, 0.25) is 0 Å². The zero-order chi connectivity index (χ0) is 21.9. The molecule has 1 amide bonds. The molecule has 32 heavy (non-hydrogen) atoms. The highest BCUT2D eigenvalue weighted by molar-refractivity contribution is 8.01. The number of rotatable bonds is 7. The fourth-order valence-corrected chi connectivity index (χ4v) is 7.05. The molecule has 5 nitrogen and oxygen atoms in total. The van der Waals surface area contributed by atoms with Gasteiger partial charge in [0.25, 0.3) is 0 Å². The lowest BCUT2D eigenvalue weighted by Gasteiger charge is -2.03. The number of nitrogens with two attached hydrogens (primary N) is 1. The van der Waals surface area contributed by atoms with Crippen molar-refractivity contribution in [2.45, 2.75) is 14.4 Å². The van der Waals surface area contributed by atoms with Crippen LogP contribution < -0.4 is 11.1 Å². The molecule has 160 valence electrons. The van der Waals surface area contributed by atoms with Gasteiger partial charge in [-0.05, 0) is 42.0 Å². The van der Waals surface area contributed by atoms with Gasteiger partial charge in [-0.25, -0.2) is 9.97 Å². The van der Waals surface area contributed by atoms with Crippen molar-refractivity contribution in [2.75, 3.05) is 16.8 Å². The van der Waals surface area contributed by atoms with Crippen LogP contribution in [0.4, 0.5) is 11.4 Å². The van der Waals surface area contributed by atoms with Crippen molar-refractivity contribution in [3.8, 4) is 0 Å². The zero-order valence-electron chi connectivity index (χ0n) is 16.8. The molecule has 9 heteroatoms. The number of carbonyl (C=O) groups is 1. The quantitative estimate of drug-likeness (QED) is 0.198. The maximum absolute atomic E-state index is 12.5. The Kier molecular flexibility index (Phi) is 6.31. The normalized spacial score (nSPS) is 11.2. The Morgan fingerprint density at radius 3 is 2.34 bits per heavy atom. The van der Waals surface area contributed by atoms with Crippen LogP contribution in [0, 0.1) is 0 Å². The highest BCUT2D eigenvalue weighted by Gasteiger charge is 2.10. The topological polar surface area (TPSA) is 80.9 Å². The first kappa shape index (κ1) is 21.3. The third kappa shape index (κ3) is 5.07. The number of fused-ring (bicyclic) bond motifs is 2. The number of thioether (sulfide) groups is 2. The first-order valence-corrected chi connectivity index (χ1v) is 13.4. The number of thiazole rings is 2. The highest BCUT2D eigenvalue weighted by atomic mass is 32.2. The van der Waals surface area contributed by atoms with Crippen molar-refractivity contribution in [1.29, 1.82) is 0 Å². The van der Waals surface area contributed by atoms with Gasteiger partial charge in [0.1, 0.15) is 0 Å². The fourth-order valence-electron chi connectivity index (χ4n) is 3.07. The van der Waals surface area contributed by atoms with Crippen molar-refractivity contribution < 1.29 is 4.79 Å². The number of amides is 1. The van der Waals surface area contributed by atoms with E-state index in [2.05, 4.69) is 22.4 Å². The van der Waals surface area contributed by atoms with Crippen LogP contribution in [0.15, 0.2) is 75.4 Å². The van der Waals surface area contributed by atoms with Gasteiger partial charge in [0.15, 0.2) is 8.68 Å². The third-order valence-electron chi connectivity index (χ3n) is 4.58. The van der Waals surface area contributed by atoms with Crippen LogP contribution in [-0.4, -0.2) is 21.6 Å². The standard InChI is InChI=1S/C23H18N4OS4/c24-15-6-8-17-19(10-15)31-23(26-17)30-13-21(28)25-16-7-9-18-20(11-16)32-22(27-18)29-12-14-4-2-1-3-5-14/h1-11H,12-13,24H2,(H,25,28). The van der Waals surface area contributed by atoms with E-state index in [0.717, 1.165) is 46.2 Å². The molecule has 5 rings (SSSR count). The summed E-state index contributed by atoms with van der Waals surface area (Å²) in [7, 11) is 0. The number of hydrogen-bond donors (Lipinski definition) is 2. The second-order valence-corrected chi connectivity index (χ2v) is 11.5. The molecule has 0 saturated carbocycles. The molecule has 2 heterocycles. The van der Waals surface area contributed by atoms with E-state index in [1.54, 1.807) is 34.4 Å². The SMILES string of the molecule is Nc1ccc2nc(SCC(=O)Nc3ccc4nc(SCc5ccccc5)sc4c3)sc2c1. The van der Waals surface area contributed by atoms with Crippen molar-refractivity contribution in [3.63, 3.8) is 0 Å². The molecule has 2 aromatic heterocycles. The summed E-state index contributed by atoms with van der Waals surface area (Å²) in [5.74, 6) is 1.13. The molecule has 0 radical (unpaired) electrons. The minimum Gasteiger partial charge on any atom is -0.399 e. The monoisotopic (exact) mass is 494 g/mol. The van der Waals surface area contributed by atoms with Crippen molar-refractivity contribution >= 4 is 83.9 Å². The number of aromatic nitrogens is 2. The summed E-state index contributed by atoms with van der Waals surface area (Å²) in [4.78, 5) is 21.7. The summed E-state index contributed by atoms with van der Waals surface area (Å²) in [5, 5.41) is 2.98. The maximum atomic E-state index is 12.5. The first-order chi connectivity index (χ1) is 15.6. The lowest BCUT2D eigenvalue weighted by molar-refractivity contribution is -0.113. The van der Waals surface area contributed by atoms with Gasteiger partial charge >= 0.3 is 0 Å². The Morgan fingerprint density at radius 1 is 0.875 bits per heavy atom. The maximum Gasteiger partial charge on any atom is 0.234 e. The number of nitrogens with zero attached hydrogens (tertiary/aromatic N) is 2. The van der Waals surface area contributed by atoms with Gasteiger partial charge in [-0.1, -0.05) is 53.9 Å². The van der Waals surface area contributed by atoms with E-state index in [1.807, 2.05) is 54.6 Å². The minimum absolute atomic E-state index is 0.0590.